The van der Waals surface area contributed by atoms with Crippen LogP contribution in [-0.2, 0) is 24.8 Å². The van der Waals surface area contributed by atoms with Crippen LogP contribution in [0.3, 0.4) is 0 Å². The molecule has 0 rings (SSSR count). The second-order valence-corrected chi connectivity index (χ2v) is 8.02. The van der Waals surface area contributed by atoms with Crippen LogP contribution in [0, 0.1) is 0 Å². The Balaban J connectivity index is 0. The van der Waals surface area contributed by atoms with Crippen LogP contribution >= 0.6 is 0 Å². The summed E-state index contributed by atoms with van der Waals surface area (Å²) in [5, 5.41) is 20.0. The lowest BCUT2D eigenvalue weighted by Crippen LogP contribution is -2.41. The Labute approximate surface area is 179 Å². The van der Waals surface area contributed by atoms with Gasteiger partial charge in [-0.3, -0.25) is 18.7 Å². The first-order valence-electron chi connectivity index (χ1n) is 10.4. The molecule has 0 aliphatic carbocycles. The Hall–Kier alpha value is -1.72. The lowest BCUT2D eigenvalue weighted by atomic mass is 10.0. The van der Waals surface area contributed by atoms with Crippen LogP contribution in [0.25, 0.3) is 0 Å². The Kier molecular flexibility index (Phi) is 19.6. The van der Waals surface area contributed by atoms with Crippen LogP contribution in [0.2, 0.25) is 0 Å². The number of carbonyl (C=O) groups excluding carboxylic acids is 1. The topological polar surface area (TPSA) is 178 Å². The van der Waals surface area contributed by atoms with Crippen molar-refractivity contribution in [2.45, 2.75) is 103 Å². The van der Waals surface area contributed by atoms with Crippen molar-refractivity contribution in [3.05, 3.63) is 0 Å². The number of hydrogen-bond donors (Lipinski definition) is 5. The molecular weight excluding hydrogens is 418 g/mol. The van der Waals surface area contributed by atoms with E-state index < -0.39 is 28.4 Å². The molecule has 0 aromatic carbocycles. The van der Waals surface area contributed by atoms with E-state index in [0.29, 0.717) is 6.42 Å². The van der Waals surface area contributed by atoms with E-state index in [1.807, 2.05) is 0 Å². The van der Waals surface area contributed by atoms with E-state index in [1.165, 1.54) is 51.4 Å². The lowest BCUT2D eigenvalue weighted by Gasteiger charge is -2.13. The Morgan fingerprint density at radius 3 is 1.53 bits per heavy atom. The molecule has 0 aliphatic heterocycles. The molecule has 0 aliphatic rings. The molecule has 5 N–H and O–H groups in total. The smallest absolute Gasteiger partial charge is 0.394 e. The SMILES string of the molecule is CCCCCCCCCCCCCC(=O)NC(CCC(=O)O)C(=O)O.O=S(=O)(O)O. The molecule has 0 spiro atoms. The number of rotatable bonds is 17. The van der Waals surface area contributed by atoms with E-state index in [1.54, 1.807) is 0 Å². The normalized spacial score (nSPS) is 11.8. The van der Waals surface area contributed by atoms with Crippen LogP contribution in [0.1, 0.15) is 96.8 Å². The highest BCUT2D eigenvalue weighted by atomic mass is 32.3. The molecular formula is C19H37NO9S. The van der Waals surface area contributed by atoms with Crippen molar-refractivity contribution >= 4 is 28.2 Å². The van der Waals surface area contributed by atoms with Gasteiger partial charge in [0, 0.05) is 12.8 Å². The molecule has 1 atom stereocenters. The average molecular weight is 456 g/mol. The second kappa shape index (κ2) is 19.3. The van der Waals surface area contributed by atoms with E-state index in [-0.39, 0.29) is 18.7 Å². The molecule has 0 aromatic heterocycles. The summed E-state index contributed by atoms with van der Waals surface area (Å²) in [5.41, 5.74) is 0. The van der Waals surface area contributed by atoms with Gasteiger partial charge in [0.2, 0.25) is 5.91 Å². The number of nitrogens with one attached hydrogen (secondary N) is 1. The first kappa shape index (κ1) is 30.5. The molecule has 0 radical (unpaired) electrons. The predicted molar refractivity (Wildman–Crippen MR) is 112 cm³/mol. The highest BCUT2D eigenvalue weighted by Gasteiger charge is 2.20. The number of aliphatic carboxylic acids is 2. The van der Waals surface area contributed by atoms with Gasteiger partial charge < -0.3 is 15.5 Å². The maximum Gasteiger partial charge on any atom is 0.394 e. The van der Waals surface area contributed by atoms with Gasteiger partial charge in [0.05, 0.1) is 0 Å². The third-order valence-corrected chi connectivity index (χ3v) is 4.29. The Morgan fingerprint density at radius 2 is 1.17 bits per heavy atom. The van der Waals surface area contributed by atoms with Crippen molar-refractivity contribution in [1.29, 1.82) is 0 Å². The highest BCUT2D eigenvalue weighted by Crippen LogP contribution is 2.12. The average Bonchev–Trinajstić information content (AvgIpc) is 2.61. The van der Waals surface area contributed by atoms with Gasteiger partial charge >= 0.3 is 22.3 Å². The zero-order chi connectivity index (χ0) is 23.4. The predicted octanol–water partition coefficient (Wildman–Crippen LogP) is 3.47. The summed E-state index contributed by atoms with van der Waals surface area (Å²) in [5.74, 6) is -2.56. The molecule has 0 bridgehead atoms. The van der Waals surface area contributed by atoms with Gasteiger partial charge in [-0.25, -0.2) is 4.79 Å². The minimum Gasteiger partial charge on any atom is -0.481 e. The largest absolute Gasteiger partial charge is 0.481 e. The third kappa shape index (κ3) is 28.5. The fourth-order valence-electron chi connectivity index (χ4n) is 2.74. The van der Waals surface area contributed by atoms with Crippen molar-refractivity contribution in [3.8, 4) is 0 Å². The van der Waals surface area contributed by atoms with Crippen molar-refractivity contribution in [2.75, 3.05) is 0 Å². The summed E-state index contributed by atoms with van der Waals surface area (Å²) in [6, 6.07) is -1.11. The number of unbranched alkanes of at least 4 members (excludes halogenated alkanes) is 10. The fraction of sp³-hybridized carbons (Fsp3) is 0.842. The molecule has 0 saturated carbocycles. The summed E-state index contributed by atoms with van der Waals surface area (Å²) < 4.78 is 31.6. The maximum atomic E-state index is 11.7. The number of carboxylic acids is 2. The summed E-state index contributed by atoms with van der Waals surface area (Å²) in [6.07, 6.45) is 13.1. The Morgan fingerprint density at radius 1 is 0.767 bits per heavy atom. The minimum atomic E-state index is -4.67. The summed E-state index contributed by atoms with van der Waals surface area (Å²) >= 11 is 0. The summed E-state index contributed by atoms with van der Waals surface area (Å²) in [6.45, 7) is 2.22. The molecule has 1 amide bonds. The van der Waals surface area contributed by atoms with Crippen molar-refractivity contribution in [2.24, 2.45) is 0 Å². The van der Waals surface area contributed by atoms with Crippen LogP contribution in [0.4, 0.5) is 0 Å². The molecule has 178 valence electrons. The van der Waals surface area contributed by atoms with Gasteiger partial charge in [-0.15, -0.1) is 0 Å². The standard InChI is InChI=1S/C19H35NO5.H2O4S/c1-2-3-4-5-6-7-8-9-10-11-12-13-17(21)20-16(19(24)25)14-15-18(22)23;1-5(2,3)4/h16H,2-15H2,1H3,(H,20,21)(H,22,23)(H,24,25);(H2,1,2,3,4). The fourth-order valence-corrected chi connectivity index (χ4v) is 2.74. The minimum absolute atomic E-state index is 0.0886. The first-order chi connectivity index (χ1) is 14.0. The van der Waals surface area contributed by atoms with Crippen LogP contribution in [-0.4, -0.2) is 51.6 Å². The summed E-state index contributed by atoms with van der Waals surface area (Å²) in [4.78, 5) is 33.2. The van der Waals surface area contributed by atoms with E-state index >= 15 is 0 Å². The van der Waals surface area contributed by atoms with Crippen LogP contribution in [0.5, 0.6) is 0 Å². The number of carbonyl (C=O) groups is 3. The van der Waals surface area contributed by atoms with Crippen LogP contribution < -0.4 is 5.32 Å². The number of amides is 1. The molecule has 11 heteroatoms. The van der Waals surface area contributed by atoms with Crippen molar-refractivity contribution in [1.82, 2.24) is 5.32 Å². The highest BCUT2D eigenvalue weighted by molar-refractivity contribution is 7.79. The summed E-state index contributed by atoms with van der Waals surface area (Å²) in [7, 11) is -4.67. The number of hydrogen-bond acceptors (Lipinski definition) is 5. The quantitative estimate of drug-likeness (QED) is 0.162. The molecule has 0 fully saturated rings. The zero-order valence-corrected chi connectivity index (χ0v) is 18.5. The van der Waals surface area contributed by atoms with Crippen LogP contribution in [0.15, 0.2) is 0 Å². The van der Waals surface area contributed by atoms with Crippen molar-refractivity contribution < 1.29 is 42.1 Å². The van der Waals surface area contributed by atoms with Gasteiger partial charge in [-0.1, -0.05) is 71.1 Å². The number of carboxylic acid groups (broad SMARTS) is 2. The van der Waals surface area contributed by atoms with Gasteiger partial charge in [-0.05, 0) is 12.8 Å². The zero-order valence-electron chi connectivity index (χ0n) is 17.7. The monoisotopic (exact) mass is 455 g/mol. The van der Waals surface area contributed by atoms with Gasteiger partial charge in [-0.2, -0.15) is 8.42 Å². The van der Waals surface area contributed by atoms with Gasteiger partial charge in [0.25, 0.3) is 0 Å². The first-order valence-corrected chi connectivity index (χ1v) is 11.8. The molecule has 0 heterocycles. The van der Waals surface area contributed by atoms with Gasteiger partial charge in [0.15, 0.2) is 0 Å². The lowest BCUT2D eigenvalue weighted by molar-refractivity contribution is -0.143. The second-order valence-electron chi connectivity index (χ2n) is 7.12. The maximum absolute atomic E-state index is 11.7. The molecule has 10 nitrogen and oxygen atoms in total. The van der Waals surface area contributed by atoms with E-state index in [0.717, 1.165) is 19.3 Å². The molecule has 0 aromatic rings. The Bertz CT molecular complexity index is 571. The van der Waals surface area contributed by atoms with E-state index in [4.69, 9.17) is 27.7 Å². The van der Waals surface area contributed by atoms with Gasteiger partial charge in [0.1, 0.15) is 6.04 Å². The van der Waals surface area contributed by atoms with E-state index in [9.17, 15) is 14.4 Å². The molecule has 1 unspecified atom stereocenters. The third-order valence-electron chi connectivity index (χ3n) is 4.29. The van der Waals surface area contributed by atoms with E-state index in [2.05, 4.69) is 12.2 Å². The molecule has 0 saturated heterocycles. The van der Waals surface area contributed by atoms with Crippen molar-refractivity contribution in [3.63, 3.8) is 0 Å². The molecule has 30 heavy (non-hydrogen) atoms.